The largest absolute Gasteiger partial charge is 0.479 e. The highest BCUT2D eigenvalue weighted by molar-refractivity contribution is 5.88. The van der Waals surface area contributed by atoms with Gasteiger partial charge in [-0.2, -0.15) is 5.21 Å². The molecule has 1 amide bonds. The van der Waals surface area contributed by atoms with Crippen molar-refractivity contribution in [2.75, 3.05) is 0 Å². The van der Waals surface area contributed by atoms with Crippen LogP contribution in [0.3, 0.4) is 0 Å². The summed E-state index contributed by atoms with van der Waals surface area (Å²) in [6, 6.07) is 17.6. The first-order valence-electron chi connectivity index (χ1n) is 12.8. The Morgan fingerprint density at radius 2 is 1.84 bits per heavy atom. The van der Waals surface area contributed by atoms with Gasteiger partial charge in [-0.15, -0.1) is 10.2 Å². The Labute approximate surface area is 214 Å². The number of hydrogen-bond acceptors (Lipinski definition) is 6. The van der Waals surface area contributed by atoms with Crippen LogP contribution in [0.2, 0.25) is 0 Å². The lowest BCUT2D eigenvalue weighted by molar-refractivity contribution is -0.160. The number of hydrogen-bond donors (Lipinski definition) is 2. The van der Waals surface area contributed by atoms with Crippen molar-refractivity contribution in [1.82, 2.24) is 30.5 Å². The van der Waals surface area contributed by atoms with Crippen LogP contribution in [-0.2, 0) is 16.1 Å². The second-order valence-corrected chi connectivity index (χ2v) is 9.63. The zero-order valence-electron chi connectivity index (χ0n) is 20.9. The molecule has 37 heavy (non-hydrogen) atoms. The van der Waals surface area contributed by atoms with Crippen molar-refractivity contribution >= 4 is 22.8 Å². The smallest absolute Gasteiger partial charge is 0.329 e. The lowest BCUT2D eigenvalue weighted by Gasteiger charge is -2.38. The van der Waals surface area contributed by atoms with Gasteiger partial charge < -0.3 is 10.0 Å². The topological polar surface area (TPSA) is 125 Å². The molecule has 0 bridgehead atoms. The van der Waals surface area contributed by atoms with Crippen molar-refractivity contribution in [1.29, 1.82) is 0 Å². The van der Waals surface area contributed by atoms with Crippen LogP contribution < -0.4 is 0 Å². The van der Waals surface area contributed by atoms with Gasteiger partial charge in [0.05, 0.1) is 11.2 Å². The summed E-state index contributed by atoms with van der Waals surface area (Å²) in [5.74, 6) is -0.486. The van der Waals surface area contributed by atoms with Gasteiger partial charge in [-0.25, -0.2) is 9.78 Å². The van der Waals surface area contributed by atoms with Crippen molar-refractivity contribution in [3.8, 4) is 22.6 Å². The number of tetrazole rings is 1. The average Bonchev–Trinajstić information content (AvgIpc) is 3.64. The van der Waals surface area contributed by atoms with Gasteiger partial charge in [0.1, 0.15) is 5.54 Å². The Morgan fingerprint density at radius 1 is 1.05 bits per heavy atom. The van der Waals surface area contributed by atoms with E-state index in [1.54, 1.807) is 4.90 Å². The van der Waals surface area contributed by atoms with E-state index < -0.39 is 11.5 Å². The van der Waals surface area contributed by atoms with Gasteiger partial charge in [-0.3, -0.25) is 4.79 Å². The summed E-state index contributed by atoms with van der Waals surface area (Å²) < 4.78 is 0. The van der Waals surface area contributed by atoms with Crippen LogP contribution in [0, 0.1) is 0 Å². The fraction of sp³-hybridized carbons (Fsp3) is 0.357. The fourth-order valence-corrected chi connectivity index (χ4v) is 5.28. The highest BCUT2D eigenvalue weighted by Gasteiger charge is 2.48. The summed E-state index contributed by atoms with van der Waals surface area (Å²) in [4.78, 5) is 32.1. The van der Waals surface area contributed by atoms with E-state index in [-0.39, 0.29) is 12.5 Å². The predicted molar refractivity (Wildman–Crippen MR) is 139 cm³/mol. The van der Waals surface area contributed by atoms with E-state index in [0.29, 0.717) is 25.1 Å². The molecule has 1 aliphatic rings. The van der Waals surface area contributed by atoms with E-state index in [0.717, 1.165) is 59.0 Å². The predicted octanol–water partition coefficient (Wildman–Crippen LogP) is 5.00. The molecule has 4 aromatic rings. The third kappa shape index (κ3) is 4.81. The standard InChI is InChI=1S/C28H30N6O3/c1-2-3-10-25(35)34(28(27(36)37)15-6-7-16-28)18-19-11-13-23-20(17-19)12-14-24(29-23)21-8-4-5-9-22(21)26-30-32-33-31-26/h4-5,8-9,11-14,17H,2-3,6-7,10,15-16,18H2,1H3,(H,36,37)(H,30,31,32,33). The fourth-order valence-electron chi connectivity index (χ4n) is 5.28. The maximum atomic E-state index is 13.2. The lowest BCUT2D eigenvalue weighted by atomic mass is 9.93. The highest BCUT2D eigenvalue weighted by Crippen LogP contribution is 2.38. The van der Waals surface area contributed by atoms with Crippen molar-refractivity contribution in [3.63, 3.8) is 0 Å². The molecule has 2 heterocycles. The summed E-state index contributed by atoms with van der Waals surface area (Å²) in [6.07, 6.45) is 4.64. The molecular weight excluding hydrogens is 468 g/mol. The summed E-state index contributed by atoms with van der Waals surface area (Å²) in [6.45, 7) is 2.30. The number of nitrogens with zero attached hydrogens (tertiary/aromatic N) is 5. The van der Waals surface area contributed by atoms with E-state index in [1.165, 1.54) is 0 Å². The molecule has 0 saturated heterocycles. The second kappa shape index (κ2) is 10.5. The number of amides is 1. The first-order valence-corrected chi connectivity index (χ1v) is 12.8. The molecular formula is C28H30N6O3. The second-order valence-electron chi connectivity index (χ2n) is 9.63. The first kappa shape index (κ1) is 24.5. The summed E-state index contributed by atoms with van der Waals surface area (Å²) >= 11 is 0. The Kier molecular flexibility index (Phi) is 6.94. The number of rotatable bonds is 9. The number of fused-ring (bicyclic) bond motifs is 1. The number of aromatic amines is 1. The molecule has 0 spiro atoms. The number of unbranched alkanes of at least 4 members (excludes halogenated alkanes) is 1. The Hall–Kier alpha value is -4.14. The van der Waals surface area contributed by atoms with Crippen LogP contribution in [0.25, 0.3) is 33.5 Å². The van der Waals surface area contributed by atoms with Crippen LogP contribution in [0.1, 0.15) is 57.4 Å². The number of benzene rings is 2. The monoisotopic (exact) mass is 498 g/mol. The van der Waals surface area contributed by atoms with Gasteiger partial charge in [0, 0.05) is 29.5 Å². The molecule has 1 fully saturated rings. The molecule has 9 nitrogen and oxygen atoms in total. The number of nitrogens with one attached hydrogen (secondary N) is 1. The molecule has 2 aromatic carbocycles. The minimum absolute atomic E-state index is 0.0854. The molecule has 190 valence electrons. The van der Waals surface area contributed by atoms with E-state index in [1.807, 2.05) is 61.5 Å². The zero-order valence-corrected chi connectivity index (χ0v) is 20.9. The summed E-state index contributed by atoms with van der Waals surface area (Å²) in [5.41, 5.74) is 3.09. The molecule has 5 rings (SSSR count). The third-order valence-corrected chi connectivity index (χ3v) is 7.27. The minimum atomic E-state index is -1.12. The van der Waals surface area contributed by atoms with Gasteiger partial charge in [-0.1, -0.05) is 62.6 Å². The van der Waals surface area contributed by atoms with Gasteiger partial charge in [0.2, 0.25) is 11.7 Å². The maximum Gasteiger partial charge on any atom is 0.329 e. The Balaban J connectivity index is 1.47. The number of aliphatic carboxylic acids is 1. The number of carbonyl (C=O) groups excluding carboxylic acids is 1. The Morgan fingerprint density at radius 3 is 2.54 bits per heavy atom. The van der Waals surface area contributed by atoms with E-state index >= 15 is 0 Å². The highest BCUT2D eigenvalue weighted by atomic mass is 16.4. The molecule has 2 aromatic heterocycles. The SMILES string of the molecule is CCCCC(=O)N(Cc1ccc2nc(-c3ccccc3-c3nn[nH]n3)ccc2c1)C1(C(=O)O)CCCC1. The van der Waals surface area contributed by atoms with Gasteiger partial charge in [0.15, 0.2) is 0 Å². The van der Waals surface area contributed by atoms with Crippen molar-refractivity contribution < 1.29 is 14.7 Å². The van der Waals surface area contributed by atoms with Gasteiger partial charge in [-0.05, 0) is 48.2 Å². The van der Waals surface area contributed by atoms with E-state index in [4.69, 9.17) is 4.98 Å². The van der Waals surface area contributed by atoms with Gasteiger partial charge in [0.25, 0.3) is 0 Å². The van der Waals surface area contributed by atoms with Crippen molar-refractivity contribution in [3.05, 3.63) is 60.2 Å². The van der Waals surface area contributed by atoms with Crippen LogP contribution in [-0.4, -0.2) is 53.0 Å². The van der Waals surface area contributed by atoms with Gasteiger partial charge >= 0.3 is 5.97 Å². The van der Waals surface area contributed by atoms with Crippen LogP contribution in [0.4, 0.5) is 0 Å². The molecule has 9 heteroatoms. The molecule has 2 N–H and O–H groups in total. The molecule has 0 unspecified atom stereocenters. The Bertz CT molecular complexity index is 1410. The maximum absolute atomic E-state index is 13.2. The molecule has 1 saturated carbocycles. The average molecular weight is 499 g/mol. The molecule has 0 radical (unpaired) electrons. The van der Waals surface area contributed by atoms with Crippen LogP contribution in [0.5, 0.6) is 0 Å². The number of H-pyrrole nitrogens is 1. The van der Waals surface area contributed by atoms with Crippen molar-refractivity contribution in [2.24, 2.45) is 0 Å². The van der Waals surface area contributed by atoms with E-state index in [2.05, 4.69) is 20.6 Å². The number of aromatic nitrogens is 5. The lowest BCUT2D eigenvalue weighted by Crippen LogP contribution is -2.55. The van der Waals surface area contributed by atoms with E-state index in [9.17, 15) is 14.7 Å². The third-order valence-electron chi connectivity index (χ3n) is 7.27. The van der Waals surface area contributed by atoms with Crippen molar-refractivity contribution in [2.45, 2.75) is 64.0 Å². The molecule has 0 aliphatic heterocycles. The van der Waals surface area contributed by atoms with Crippen LogP contribution in [0.15, 0.2) is 54.6 Å². The number of carbonyl (C=O) groups is 2. The summed E-state index contributed by atoms with van der Waals surface area (Å²) in [7, 11) is 0. The number of carboxylic acids is 1. The van der Waals surface area contributed by atoms with Crippen LogP contribution >= 0.6 is 0 Å². The molecule has 0 atom stereocenters. The summed E-state index contributed by atoms with van der Waals surface area (Å²) in [5, 5.41) is 25.5. The first-order chi connectivity index (χ1) is 18.0. The quantitative estimate of drug-likeness (QED) is 0.333. The zero-order chi connectivity index (χ0) is 25.8. The number of carboxylic acid groups (broad SMARTS) is 1. The normalized spacial score (nSPS) is 14.6. The minimum Gasteiger partial charge on any atom is -0.479 e. The number of pyridine rings is 1. The molecule has 1 aliphatic carbocycles.